The van der Waals surface area contributed by atoms with Crippen molar-refractivity contribution in [3.05, 3.63) is 69.3 Å². The zero-order valence-electron chi connectivity index (χ0n) is 20.2. The average molecular weight is 525 g/mol. The molecule has 0 aliphatic carbocycles. The molecule has 2 aromatic carbocycles. The highest BCUT2D eigenvalue weighted by molar-refractivity contribution is 6.37. The molecular weight excluding hydrogens is 495 g/mol. The maximum Gasteiger partial charge on any atom is 0.407 e. The van der Waals surface area contributed by atoms with E-state index in [1.54, 1.807) is 32.9 Å². The third-order valence-corrected chi connectivity index (χ3v) is 4.80. The fourth-order valence-corrected chi connectivity index (χ4v) is 3.34. The Kier molecular flexibility index (Phi) is 11.2. The lowest BCUT2D eigenvalue weighted by Gasteiger charge is -2.19. The quantitative estimate of drug-likeness (QED) is 0.173. The summed E-state index contributed by atoms with van der Waals surface area (Å²) in [4.78, 5) is 29.3. The van der Waals surface area contributed by atoms with Gasteiger partial charge in [0.15, 0.2) is 5.75 Å². The number of methoxy groups -OCH3 is 1. The zero-order valence-corrected chi connectivity index (χ0v) is 21.7. The SMILES string of the molecule is COC(=O)C(=Cc1cc(Cl)c(OCCCNC(=O)OC(C)(C)C)c(Cl)c1)NOCc1ccccc1. The summed E-state index contributed by atoms with van der Waals surface area (Å²) in [5.41, 5.74) is 3.59. The molecule has 2 rings (SSSR count). The number of ether oxygens (including phenoxy) is 3. The van der Waals surface area contributed by atoms with E-state index in [4.69, 9.17) is 42.3 Å². The van der Waals surface area contributed by atoms with E-state index in [1.807, 2.05) is 30.3 Å². The van der Waals surface area contributed by atoms with Crippen LogP contribution in [0.3, 0.4) is 0 Å². The van der Waals surface area contributed by atoms with Gasteiger partial charge in [-0.3, -0.25) is 10.3 Å². The zero-order chi connectivity index (χ0) is 25.8. The van der Waals surface area contributed by atoms with Gasteiger partial charge in [0, 0.05) is 6.54 Å². The molecule has 0 fully saturated rings. The minimum Gasteiger partial charge on any atom is -0.490 e. The van der Waals surface area contributed by atoms with Crippen LogP contribution in [0.4, 0.5) is 4.79 Å². The first-order chi connectivity index (χ1) is 16.6. The van der Waals surface area contributed by atoms with Crippen LogP contribution in [0, 0.1) is 0 Å². The second kappa shape index (κ2) is 13.8. The van der Waals surface area contributed by atoms with Crippen LogP contribution in [-0.2, 0) is 25.7 Å². The first kappa shape index (κ1) is 28.3. The van der Waals surface area contributed by atoms with Crippen LogP contribution in [-0.4, -0.2) is 37.9 Å². The summed E-state index contributed by atoms with van der Waals surface area (Å²) in [7, 11) is 1.27. The van der Waals surface area contributed by atoms with Gasteiger partial charge in [0.2, 0.25) is 0 Å². The largest absolute Gasteiger partial charge is 0.490 e. The highest BCUT2D eigenvalue weighted by atomic mass is 35.5. The van der Waals surface area contributed by atoms with Crippen molar-refractivity contribution < 1.29 is 28.6 Å². The van der Waals surface area contributed by atoms with Gasteiger partial charge < -0.3 is 19.5 Å². The highest BCUT2D eigenvalue weighted by Crippen LogP contribution is 2.35. The third-order valence-electron chi connectivity index (χ3n) is 4.24. The summed E-state index contributed by atoms with van der Waals surface area (Å²) < 4.78 is 15.7. The molecule has 0 heterocycles. The molecule has 0 radical (unpaired) electrons. The van der Waals surface area contributed by atoms with Crippen LogP contribution in [0.5, 0.6) is 5.75 Å². The van der Waals surface area contributed by atoms with Crippen molar-refractivity contribution in [1.29, 1.82) is 0 Å². The number of hydroxylamine groups is 1. The number of halogens is 2. The molecule has 0 atom stereocenters. The summed E-state index contributed by atoms with van der Waals surface area (Å²) in [5, 5.41) is 3.18. The molecule has 8 nitrogen and oxygen atoms in total. The second-order valence-corrected chi connectivity index (χ2v) is 9.18. The van der Waals surface area contributed by atoms with E-state index in [1.165, 1.54) is 13.2 Å². The van der Waals surface area contributed by atoms with E-state index in [-0.39, 0.29) is 29.0 Å². The van der Waals surface area contributed by atoms with Gasteiger partial charge in [0.05, 0.1) is 30.4 Å². The molecular formula is C25H30Cl2N2O6. The average Bonchev–Trinajstić information content (AvgIpc) is 2.78. The molecule has 2 aromatic rings. The van der Waals surface area contributed by atoms with E-state index < -0.39 is 17.7 Å². The summed E-state index contributed by atoms with van der Waals surface area (Å²) in [6, 6.07) is 12.7. The van der Waals surface area contributed by atoms with Crippen molar-refractivity contribution >= 4 is 41.3 Å². The van der Waals surface area contributed by atoms with Gasteiger partial charge >= 0.3 is 12.1 Å². The predicted molar refractivity (Wildman–Crippen MR) is 135 cm³/mol. The van der Waals surface area contributed by atoms with Gasteiger partial charge in [-0.25, -0.2) is 9.59 Å². The van der Waals surface area contributed by atoms with Crippen LogP contribution >= 0.6 is 23.2 Å². The molecule has 0 aliphatic heterocycles. The minimum atomic E-state index is -0.622. The molecule has 0 saturated heterocycles. The molecule has 190 valence electrons. The van der Waals surface area contributed by atoms with Gasteiger partial charge in [-0.1, -0.05) is 53.5 Å². The minimum absolute atomic E-state index is 0.0671. The van der Waals surface area contributed by atoms with E-state index in [0.717, 1.165) is 5.56 Å². The Hall–Kier alpha value is -2.94. The van der Waals surface area contributed by atoms with Crippen LogP contribution < -0.4 is 15.5 Å². The van der Waals surface area contributed by atoms with Crippen LogP contribution in [0.25, 0.3) is 6.08 Å². The number of amides is 1. The Morgan fingerprint density at radius 3 is 2.31 bits per heavy atom. The van der Waals surface area contributed by atoms with E-state index >= 15 is 0 Å². The second-order valence-electron chi connectivity index (χ2n) is 8.37. The van der Waals surface area contributed by atoms with E-state index in [2.05, 4.69) is 10.8 Å². The third kappa shape index (κ3) is 10.5. The predicted octanol–water partition coefficient (Wildman–Crippen LogP) is 5.52. The number of nitrogens with one attached hydrogen (secondary N) is 2. The molecule has 0 saturated carbocycles. The monoisotopic (exact) mass is 524 g/mol. The van der Waals surface area contributed by atoms with Crippen LogP contribution in [0.1, 0.15) is 38.3 Å². The molecule has 0 spiro atoms. The van der Waals surface area contributed by atoms with Crippen molar-refractivity contribution in [2.75, 3.05) is 20.3 Å². The fourth-order valence-electron chi connectivity index (χ4n) is 2.73. The highest BCUT2D eigenvalue weighted by Gasteiger charge is 2.16. The summed E-state index contributed by atoms with van der Waals surface area (Å²) >= 11 is 12.7. The van der Waals surface area contributed by atoms with Crippen molar-refractivity contribution in [1.82, 2.24) is 10.8 Å². The number of carbonyl (C=O) groups excluding carboxylic acids is 2. The van der Waals surface area contributed by atoms with Crippen molar-refractivity contribution in [2.24, 2.45) is 0 Å². The van der Waals surface area contributed by atoms with Gasteiger partial charge in [-0.15, -0.1) is 0 Å². The topological polar surface area (TPSA) is 95.1 Å². The Balaban J connectivity index is 1.95. The first-order valence-corrected chi connectivity index (χ1v) is 11.6. The Morgan fingerprint density at radius 1 is 1.06 bits per heavy atom. The number of carbonyl (C=O) groups is 2. The maximum atomic E-state index is 12.2. The molecule has 10 heteroatoms. The van der Waals surface area contributed by atoms with Gasteiger partial charge in [-0.2, -0.15) is 0 Å². The molecule has 1 amide bonds. The summed E-state index contributed by atoms with van der Waals surface area (Å²) in [6.07, 6.45) is 1.53. The lowest BCUT2D eigenvalue weighted by Crippen LogP contribution is -2.33. The number of hydrogen-bond acceptors (Lipinski definition) is 7. The molecule has 35 heavy (non-hydrogen) atoms. The number of esters is 1. The van der Waals surface area contributed by atoms with Gasteiger partial charge in [-0.05, 0) is 56.5 Å². The van der Waals surface area contributed by atoms with E-state index in [0.29, 0.717) is 24.3 Å². The van der Waals surface area contributed by atoms with Gasteiger partial charge in [0.1, 0.15) is 11.3 Å². The number of benzene rings is 2. The maximum absolute atomic E-state index is 12.2. The van der Waals surface area contributed by atoms with Gasteiger partial charge in [0.25, 0.3) is 0 Å². The van der Waals surface area contributed by atoms with E-state index in [9.17, 15) is 9.59 Å². The molecule has 0 bridgehead atoms. The summed E-state index contributed by atoms with van der Waals surface area (Å²) in [6.45, 7) is 6.25. The smallest absolute Gasteiger partial charge is 0.407 e. The number of alkyl carbamates (subject to hydrolysis) is 1. The molecule has 0 unspecified atom stereocenters. The Morgan fingerprint density at radius 2 is 1.71 bits per heavy atom. The summed E-state index contributed by atoms with van der Waals surface area (Å²) in [5.74, 6) is -0.321. The van der Waals surface area contributed by atoms with Crippen molar-refractivity contribution in [3.8, 4) is 5.75 Å². The molecule has 0 aromatic heterocycles. The number of hydrogen-bond donors (Lipinski definition) is 2. The number of rotatable bonds is 11. The van der Waals surface area contributed by atoms with Crippen molar-refractivity contribution in [3.63, 3.8) is 0 Å². The van der Waals surface area contributed by atoms with Crippen molar-refractivity contribution in [2.45, 2.75) is 39.4 Å². The Labute approximate surface area is 215 Å². The lowest BCUT2D eigenvalue weighted by atomic mass is 10.2. The normalized spacial score (nSPS) is 11.5. The lowest BCUT2D eigenvalue weighted by molar-refractivity contribution is -0.138. The van der Waals surface area contributed by atoms with Crippen LogP contribution in [0.2, 0.25) is 10.0 Å². The fraction of sp³-hybridized carbons (Fsp3) is 0.360. The standard InChI is InChI=1S/C25H30Cl2N2O6/c1-25(2,3)35-24(31)28-11-8-12-33-22-19(26)13-18(14-20(22)27)15-21(23(30)32-4)29-34-16-17-9-6-5-7-10-17/h5-7,9-10,13-15,29H,8,11-12,16H2,1-4H3,(H,28,31). The molecule has 2 N–H and O–H groups in total. The Bertz CT molecular complexity index is 999. The molecule has 0 aliphatic rings. The van der Waals surface area contributed by atoms with Crippen LogP contribution in [0.15, 0.2) is 48.2 Å². The first-order valence-electron chi connectivity index (χ1n) is 10.9.